The van der Waals surface area contributed by atoms with E-state index in [1.165, 1.54) is 25.3 Å². The van der Waals surface area contributed by atoms with Crippen molar-refractivity contribution in [3.8, 4) is 0 Å². The van der Waals surface area contributed by atoms with Crippen LogP contribution in [-0.4, -0.2) is 29.5 Å². The first-order valence-electron chi connectivity index (χ1n) is 5.22. The topological polar surface area (TPSA) is 140 Å². The predicted octanol–water partition coefficient (Wildman–Crippen LogP) is 0.274. The molecule has 106 valence electrons. The summed E-state index contributed by atoms with van der Waals surface area (Å²) in [5, 5.41) is 9.53. The lowest BCUT2D eigenvalue weighted by molar-refractivity contribution is -0.114. The molecule has 0 atom stereocenters. The number of amides is 1. The zero-order chi connectivity index (χ0) is 14.8. The molecule has 4 N–H and O–H groups in total. The zero-order valence-corrected chi connectivity index (χ0v) is 11.8. The highest BCUT2D eigenvalue weighted by Gasteiger charge is 2.20. The van der Waals surface area contributed by atoms with Crippen molar-refractivity contribution in [2.45, 2.75) is 11.3 Å². The molecule has 0 aliphatic heterocycles. The summed E-state index contributed by atoms with van der Waals surface area (Å²) in [5.41, 5.74) is 5.65. The van der Waals surface area contributed by atoms with Gasteiger partial charge in [-0.2, -0.15) is 8.42 Å². The van der Waals surface area contributed by atoms with E-state index in [0.717, 1.165) is 11.3 Å². The SMILES string of the molecule is CC(=O)Nc1nnc(S(=O)(=O)Nc2ccc(N)nc2)s1. The lowest BCUT2D eigenvalue weighted by atomic mass is 10.4. The smallest absolute Gasteiger partial charge is 0.291 e. The first-order chi connectivity index (χ1) is 9.37. The normalized spacial score (nSPS) is 11.1. The summed E-state index contributed by atoms with van der Waals surface area (Å²) in [6.07, 6.45) is 1.28. The number of nitrogens with two attached hydrogens (primary N) is 1. The lowest BCUT2D eigenvalue weighted by Gasteiger charge is -2.04. The van der Waals surface area contributed by atoms with Crippen molar-refractivity contribution in [2.24, 2.45) is 0 Å². The minimum absolute atomic E-state index is 0.105. The number of nitrogen functional groups attached to an aromatic ring is 1. The van der Waals surface area contributed by atoms with Crippen molar-refractivity contribution in [1.82, 2.24) is 15.2 Å². The summed E-state index contributed by atoms with van der Waals surface area (Å²) in [6.45, 7) is 1.29. The lowest BCUT2D eigenvalue weighted by Crippen LogP contribution is -2.13. The van der Waals surface area contributed by atoms with E-state index in [0.29, 0.717) is 0 Å². The maximum absolute atomic E-state index is 12.0. The Hall–Kier alpha value is -2.27. The van der Waals surface area contributed by atoms with E-state index in [4.69, 9.17) is 5.73 Å². The number of sulfonamides is 1. The minimum Gasteiger partial charge on any atom is -0.384 e. The summed E-state index contributed by atoms with van der Waals surface area (Å²) in [7, 11) is -3.88. The van der Waals surface area contributed by atoms with Crippen molar-refractivity contribution >= 4 is 43.9 Å². The van der Waals surface area contributed by atoms with Gasteiger partial charge in [0.05, 0.1) is 11.9 Å². The molecule has 0 aliphatic rings. The van der Waals surface area contributed by atoms with E-state index in [1.807, 2.05) is 0 Å². The minimum atomic E-state index is -3.88. The average molecular weight is 314 g/mol. The quantitative estimate of drug-likeness (QED) is 0.688. The van der Waals surface area contributed by atoms with Crippen molar-refractivity contribution in [2.75, 3.05) is 15.8 Å². The fraction of sp³-hybridized carbons (Fsp3) is 0.111. The highest BCUT2D eigenvalue weighted by atomic mass is 32.2. The second kappa shape index (κ2) is 5.38. The highest BCUT2D eigenvalue weighted by molar-refractivity contribution is 7.94. The molecule has 0 saturated carbocycles. The van der Waals surface area contributed by atoms with E-state index in [9.17, 15) is 13.2 Å². The van der Waals surface area contributed by atoms with Gasteiger partial charge in [-0.25, -0.2) is 4.98 Å². The van der Waals surface area contributed by atoms with Gasteiger partial charge < -0.3 is 11.1 Å². The molecule has 20 heavy (non-hydrogen) atoms. The molecule has 0 aromatic carbocycles. The summed E-state index contributed by atoms with van der Waals surface area (Å²) < 4.78 is 26.0. The third-order valence-electron chi connectivity index (χ3n) is 1.96. The fourth-order valence-electron chi connectivity index (χ4n) is 1.18. The van der Waals surface area contributed by atoms with Crippen molar-refractivity contribution in [3.63, 3.8) is 0 Å². The predicted molar refractivity (Wildman–Crippen MR) is 73.7 cm³/mol. The van der Waals surface area contributed by atoms with Gasteiger partial charge in [0.2, 0.25) is 11.0 Å². The van der Waals surface area contributed by atoms with Gasteiger partial charge in [-0.15, -0.1) is 10.2 Å². The molecule has 0 saturated heterocycles. The van der Waals surface area contributed by atoms with Gasteiger partial charge in [0.1, 0.15) is 5.82 Å². The summed E-state index contributed by atoms with van der Waals surface area (Å²) >= 11 is 0.741. The Morgan fingerprint density at radius 3 is 2.70 bits per heavy atom. The van der Waals surface area contributed by atoms with Crippen LogP contribution in [0.2, 0.25) is 0 Å². The molecule has 0 aliphatic carbocycles. The number of aromatic nitrogens is 3. The molecule has 1 amide bonds. The first-order valence-corrected chi connectivity index (χ1v) is 7.52. The first kappa shape index (κ1) is 14.1. The third kappa shape index (κ3) is 3.39. The van der Waals surface area contributed by atoms with E-state index < -0.39 is 10.0 Å². The molecule has 2 rings (SSSR count). The number of rotatable bonds is 4. The number of carbonyl (C=O) groups excluding carboxylic acids is 1. The van der Waals surface area contributed by atoms with Crippen LogP contribution in [0.4, 0.5) is 16.6 Å². The van der Waals surface area contributed by atoms with Crippen molar-refractivity contribution in [1.29, 1.82) is 0 Å². The van der Waals surface area contributed by atoms with E-state index >= 15 is 0 Å². The molecule has 0 radical (unpaired) electrons. The molecule has 11 heteroatoms. The van der Waals surface area contributed by atoms with Crippen LogP contribution in [0.1, 0.15) is 6.92 Å². The Labute approximate surface area is 118 Å². The zero-order valence-electron chi connectivity index (χ0n) is 10.2. The largest absolute Gasteiger partial charge is 0.384 e. The van der Waals surface area contributed by atoms with Crippen molar-refractivity contribution < 1.29 is 13.2 Å². The maximum Gasteiger partial charge on any atom is 0.291 e. The van der Waals surface area contributed by atoms with Crippen LogP contribution in [0.15, 0.2) is 22.7 Å². The number of nitrogens with zero attached hydrogens (tertiary/aromatic N) is 3. The Balaban J connectivity index is 2.19. The van der Waals surface area contributed by atoms with Crippen LogP contribution in [0.5, 0.6) is 0 Å². The van der Waals surface area contributed by atoms with Gasteiger partial charge in [0, 0.05) is 6.92 Å². The molecule has 2 heterocycles. The van der Waals surface area contributed by atoms with Crippen LogP contribution in [0.25, 0.3) is 0 Å². The average Bonchev–Trinajstić information content (AvgIpc) is 2.80. The monoisotopic (exact) mass is 314 g/mol. The Morgan fingerprint density at radius 1 is 1.35 bits per heavy atom. The number of hydrogen-bond acceptors (Lipinski definition) is 8. The highest BCUT2D eigenvalue weighted by Crippen LogP contribution is 2.22. The van der Waals surface area contributed by atoms with Crippen LogP contribution in [-0.2, 0) is 14.8 Å². The standard InChI is InChI=1S/C9H10N6O3S2/c1-5(16)12-8-13-14-9(19-8)20(17,18)15-6-2-3-7(10)11-4-6/h2-4,15H,1H3,(H2,10,11)(H,12,13,16). The molecule has 9 nitrogen and oxygen atoms in total. The molecule has 0 unspecified atom stereocenters. The van der Waals surface area contributed by atoms with Crippen LogP contribution in [0.3, 0.4) is 0 Å². The number of nitrogens with one attached hydrogen (secondary N) is 2. The summed E-state index contributed by atoms with van der Waals surface area (Å²) in [5.74, 6) is -0.0856. The molecule has 0 bridgehead atoms. The fourth-order valence-corrected chi connectivity index (χ4v) is 3.17. The number of carbonyl (C=O) groups is 1. The number of anilines is 3. The van der Waals surface area contributed by atoms with Crippen molar-refractivity contribution in [3.05, 3.63) is 18.3 Å². The van der Waals surface area contributed by atoms with Gasteiger partial charge in [-0.1, -0.05) is 11.3 Å². The maximum atomic E-state index is 12.0. The van der Waals surface area contributed by atoms with E-state index in [2.05, 4.69) is 25.2 Å². The number of hydrogen-bond donors (Lipinski definition) is 3. The second-order valence-corrected chi connectivity index (χ2v) is 6.47. The molecular formula is C9H10N6O3S2. The van der Waals surface area contributed by atoms with Crippen LogP contribution < -0.4 is 15.8 Å². The Morgan fingerprint density at radius 2 is 2.10 bits per heavy atom. The van der Waals surface area contributed by atoms with Gasteiger partial charge in [-0.05, 0) is 12.1 Å². The molecule has 0 fully saturated rings. The summed E-state index contributed by atoms with van der Waals surface area (Å²) in [4.78, 5) is 14.6. The Bertz CT molecular complexity index is 724. The van der Waals surface area contributed by atoms with Crippen LogP contribution >= 0.6 is 11.3 Å². The van der Waals surface area contributed by atoms with Gasteiger partial charge >= 0.3 is 0 Å². The Kier molecular flexibility index (Phi) is 3.81. The summed E-state index contributed by atoms with van der Waals surface area (Å²) in [6, 6.07) is 2.93. The molecular weight excluding hydrogens is 304 g/mol. The second-order valence-electron chi connectivity index (χ2n) is 3.63. The third-order valence-corrected chi connectivity index (χ3v) is 4.55. The van der Waals surface area contributed by atoms with Gasteiger partial charge in [0.25, 0.3) is 14.4 Å². The van der Waals surface area contributed by atoms with Crippen LogP contribution in [0, 0.1) is 0 Å². The van der Waals surface area contributed by atoms with Gasteiger partial charge in [0.15, 0.2) is 0 Å². The molecule has 2 aromatic heterocycles. The van der Waals surface area contributed by atoms with E-state index in [1.54, 1.807) is 0 Å². The van der Waals surface area contributed by atoms with Gasteiger partial charge in [-0.3, -0.25) is 9.52 Å². The number of pyridine rings is 1. The molecule has 0 spiro atoms. The van der Waals surface area contributed by atoms with E-state index in [-0.39, 0.29) is 26.9 Å². The molecule has 2 aromatic rings.